The number of carbonyl (C=O) groups is 4. The molecule has 0 unspecified atom stereocenters. The zero-order valence-corrected chi connectivity index (χ0v) is 19.2. The van der Waals surface area contributed by atoms with Gasteiger partial charge in [-0.2, -0.15) is 0 Å². The maximum atomic E-state index is 12.6. The standard InChI is InChI=1S/C25H29N5O5/c26-15-16-27-22(31)7-4-8-23(32)28-17-21(25(34)30-35)29-24(33)20-13-11-19(12-14-20)10-9-18-5-2-1-3-6-18/h1-3,5-6,11-14,21,35H,4,7-8,15-17,26H2,(H,27,31)(H,28,32)(H,29,33)(H,30,34)/t21-/m0/s1. The Hall–Kier alpha value is -4.20. The van der Waals surface area contributed by atoms with Gasteiger partial charge in [-0.25, -0.2) is 5.48 Å². The second-order valence-corrected chi connectivity index (χ2v) is 7.49. The summed E-state index contributed by atoms with van der Waals surface area (Å²) in [5.74, 6) is 3.98. The Labute approximate surface area is 203 Å². The van der Waals surface area contributed by atoms with Crippen molar-refractivity contribution < 1.29 is 24.4 Å². The molecule has 4 amide bonds. The lowest BCUT2D eigenvalue weighted by Crippen LogP contribution is -2.52. The van der Waals surface area contributed by atoms with Gasteiger partial charge in [-0.1, -0.05) is 30.0 Å². The minimum Gasteiger partial charge on any atom is -0.355 e. The Morgan fingerprint density at radius 2 is 1.46 bits per heavy atom. The van der Waals surface area contributed by atoms with Gasteiger partial charge in [-0.15, -0.1) is 0 Å². The Morgan fingerprint density at radius 3 is 2.06 bits per heavy atom. The molecule has 184 valence electrons. The van der Waals surface area contributed by atoms with Gasteiger partial charge >= 0.3 is 0 Å². The molecule has 2 rings (SSSR count). The molecule has 0 bridgehead atoms. The lowest BCUT2D eigenvalue weighted by atomic mass is 10.1. The average molecular weight is 480 g/mol. The molecule has 7 N–H and O–H groups in total. The molecule has 0 saturated heterocycles. The molecule has 0 radical (unpaired) electrons. The zero-order chi connectivity index (χ0) is 25.5. The SMILES string of the molecule is NCCNC(=O)CCCC(=O)NC[C@H](NC(=O)c1ccc(C#Cc2ccccc2)cc1)C(=O)NO. The first-order chi connectivity index (χ1) is 16.9. The molecule has 0 spiro atoms. The molecule has 10 heteroatoms. The summed E-state index contributed by atoms with van der Waals surface area (Å²) in [6.07, 6.45) is 0.532. The summed E-state index contributed by atoms with van der Waals surface area (Å²) in [5, 5.41) is 16.6. The molecule has 0 heterocycles. The largest absolute Gasteiger partial charge is 0.355 e. The fraction of sp³-hybridized carbons (Fsp3) is 0.280. The van der Waals surface area contributed by atoms with Crippen LogP contribution < -0.4 is 27.2 Å². The molecule has 35 heavy (non-hydrogen) atoms. The lowest BCUT2D eigenvalue weighted by Gasteiger charge is -2.17. The first kappa shape index (κ1) is 27.0. The number of nitrogens with one attached hydrogen (secondary N) is 4. The minimum atomic E-state index is -1.21. The van der Waals surface area contributed by atoms with Crippen LogP contribution in [0.15, 0.2) is 54.6 Å². The highest BCUT2D eigenvalue weighted by atomic mass is 16.5. The van der Waals surface area contributed by atoms with Gasteiger partial charge in [-0.3, -0.25) is 24.4 Å². The van der Waals surface area contributed by atoms with Crippen molar-refractivity contribution in [1.29, 1.82) is 0 Å². The van der Waals surface area contributed by atoms with Crippen LogP contribution in [0.5, 0.6) is 0 Å². The molecule has 2 aromatic rings. The van der Waals surface area contributed by atoms with E-state index in [-0.39, 0.29) is 30.9 Å². The highest BCUT2D eigenvalue weighted by Gasteiger charge is 2.22. The van der Waals surface area contributed by atoms with E-state index in [1.165, 1.54) is 5.48 Å². The van der Waals surface area contributed by atoms with E-state index < -0.39 is 23.8 Å². The van der Waals surface area contributed by atoms with Gasteiger partial charge in [0.05, 0.1) is 0 Å². The summed E-state index contributed by atoms with van der Waals surface area (Å²) >= 11 is 0. The Morgan fingerprint density at radius 1 is 0.857 bits per heavy atom. The van der Waals surface area contributed by atoms with E-state index in [1.54, 1.807) is 24.3 Å². The number of carbonyl (C=O) groups excluding carboxylic acids is 4. The summed E-state index contributed by atoms with van der Waals surface area (Å²) in [6, 6.07) is 14.7. The van der Waals surface area contributed by atoms with E-state index in [0.717, 1.165) is 5.56 Å². The van der Waals surface area contributed by atoms with Gasteiger partial charge in [0.25, 0.3) is 11.8 Å². The average Bonchev–Trinajstić information content (AvgIpc) is 2.88. The predicted molar refractivity (Wildman–Crippen MR) is 129 cm³/mol. The quantitative estimate of drug-likeness (QED) is 0.152. The van der Waals surface area contributed by atoms with Crippen LogP contribution in [0.2, 0.25) is 0 Å². The van der Waals surface area contributed by atoms with Crippen LogP contribution in [0.4, 0.5) is 0 Å². The van der Waals surface area contributed by atoms with E-state index >= 15 is 0 Å². The maximum Gasteiger partial charge on any atom is 0.267 e. The molecule has 0 aliphatic rings. The summed E-state index contributed by atoms with van der Waals surface area (Å²) < 4.78 is 0. The van der Waals surface area contributed by atoms with Crippen LogP contribution in [0.25, 0.3) is 0 Å². The Balaban J connectivity index is 1.87. The molecule has 0 aliphatic heterocycles. The van der Waals surface area contributed by atoms with Crippen molar-refractivity contribution in [2.24, 2.45) is 5.73 Å². The van der Waals surface area contributed by atoms with E-state index in [2.05, 4.69) is 27.8 Å². The number of rotatable bonds is 11. The Kier molecular flexibility index (Phi) is 11.5. The van der Waals surface area contributed by atoms with Crippen LogP contribution in [0.3, 0.4) is 0 Å². The number of nitrogens with two attached hydrogens (primary N) is 1. The lowest BCUT2D eigenvalue weighted by molar-refractivity contribution is -0.131. The minimum absolute atomic E-state index is 0.0585. The van der Waals surface area contributed by atoms with E-state index in [4.69, 9.17) is 10.9 Å². The molecule has 0 aromatic heterocycles. The number of hydrogen-bond acceptors (Lipinski definition) is 6. The van der Waals surface area contributed by atoms with Crippen LogP contribution in [0.1, 0.15) is 40.7 Å². The topological polar surface area (TPSA) is 163 Å². The summed E-state index contributed by atoms with van der Waals surface area (Å²) in [7, 11) is 0. The third-order valence-corrected chi connectivity index (χ3v) is 4.78. The smallest absolute Gasteiger partial charge is 0.267 e. The summed E-state index contributed by atoms with van der Waals surface area (Å²) in [4.78, 5) is 48.1. The van der Waals surface area contributed by atoms with E-state index in [1.807, 2.05) is 30.3 Å². The van der Waals surface area contributed by atoms with Crippen molar-refractivity contribution in [3.63, 3.8) is 0 Å². The summed E-state index contributed by atoms with van der Waals surface area (Å²) in [5.41, 5.74) is 8.63. The number of hydroxylamine groups is 1. The van der Waals surface area contributed by atoms with Crippen molar-refractivity contribution in [3.05, 3.63) is 71.3 Å². The first-order valence-corrected chi connectivity index (χ1v) is 11.1. The van der Waals surface area contributed by atoms with Crippen molar-refractivity contribution in [2.75, 3.05) is 19.6 Å². The third kappa shape index (κ3) is 10.1. The first-order valence-electron chi connectivity index (χ1n) is 11.1. The number of benzene rings is 2. The molecular formula is C25H29N5O5. The fourth-order valence-corrected chi connectivity index (χ4v) is 2.91. The molecule has 2 aromatic carbocycles. The van der Waals surface area contributed by atoms with Crippen molar-refractivity contribution in [2.45, 2.75) is 25.3 Å². The number of amides is 4. The molecule has 1 atom stereocenters. The Bertz CT molecular complexity index is 1060. The van der Waals surface area contributed by atoms with Crippen LogP contribution in [-0.2, 0) is 14.4 Å². The van der Waals surface area contributed by atoms with Crippen molar-refractivity contribution in [1.82, 2.24) is 21.4 Å². The van der Waals surface area contributed by atoms with Crippen LogP contribution in [-0.4, -0.2) is 54.5 Å². The van der Waals surface area contributed by atoms with Gasteiger partial charge in [0.15, 0.2) is 0 Å². The van der Waals surface area contributed by atoms with Crippen molar-refractivity contribution in [3.8, 4) is 11.8 Å². The molecule has 10 nitrogen and oxygen atoms in total. The van der Waals surface area contributed by atoms with E-state index in [9.17, 15) is 19.2 Å². The highest BCUT2D eigenvalue weighted by molar-refractivity contribution is 5.97. The second-order valence-electron chi connectivity index (χ2n) is 7.49. The van der Waals surface area contributed by atoms with Gasteiger partial charge in [-0.05, 0) is 42.8 Å². The van der Waals surface area contributed by atoms with E-state index in [0.29, 0.717) is 25.1 Å². The highest BCUT2D eigenvalue weighted by Crippen LogP contribution is 2.05. The summed E-state index contributed by atoms with van der Waals surface area (Å²) in [6.45, 7) is 0.461. The fourth-order valence-electron chi connectivity index (χ4n) is 2.91. The maximum absolute atomic E-state index is 12.6. The number of hydrogen-bond donors (Lipinski definition) is 6. The molecule has 0 saturated carbocycles. The molecular weight excluding hydrogens is 450 g/mol. The zero-order valence-electron chi connectivity index (χ0n) is 19.2. The van der Waals surface area contributed by atoms with Gasteiger partial charge < -0.3 is 21.7 Å². The van der Waals surface area contributed by atoms with Crippen molar-refractivity contribution >= 4 is 23.6 Å². The second kappa shape index (κ2) is 14.8. The normalized spacial score (nSPS) is 10.8. The molecule has 0 fully saturated rings. The van der Waals surface area contributed by atoms with Crippen LogP contribution in [0, 0.1) is 11.8 Å². The molecule has 0 aliphatic carbocycles. The monoisotopic (exact) mass is 479 g/mol. The van der Waals surface area contributed by atoms with Crippen LogP contribution >= 0.6 is 0 Å². The van der Waals surface area contributed by atoms with Gasteiger partial charge in [0.2, 0.25) is 11.8 Å². The third-order valence-electron chi connectivity index (χ3n) is 4.78. The van der Waals surface area contributed by atoms with Gasteiger partial charge in [0, 0.05) is 49.2 Å². The van der Waals surface area contributed by atoms with Gasteiger partial charge in [0.1, 0.15) is 6.04 Å². The predicted octanol–water partition coefficient (Wildman–Crippen LogP) is 0.0516.